The topological polar surface area (TPSA) is 44.1 Å². The monoisotopic (exact) mass is 262 g/mol. The number of nitrogens with zero attached hydrogens (tertiary/aromatic N) is 2. The minimum atomic E-state index is -0.379. The highest BCUT2D eigenvalue weighted by molar-refractivity contribution is 5.94. The number of hydrogen-bond acceptors (Lipinski definition) is 2. The van der Waals surface area contributed by atoms with E-state index < -0.39 is 0 Å². The normalized spacial score (nSPS) is 10.3. The summed E-state index contributed by atoms with van der Waals surface area (Å²) in [6.45, 7) is 6.61. The Morgan fingerprint density at radius 3 is 2.68 bits per heavy atom. The number of carbonyl (C=O) groups is 1. The maximum Gasteiger partial charge on any atom is 0.253 e. The minimum Gasteiger partial charge on any atom is -0.337 e. The fourth-order valence-electron chi connectivity index (χ4n) is 1.81. The lowest BCUT2D eigenvalue weighted by atomic mass is 10.1. The Morgan fingerprint density at radius 2 is 2.16 bits per heavy atom. The average Bonchev–Trinajstić information content (AvgIpc) is 2.36. The lowest BCUT2D eigenvalue weighted by molar-refractivity contribution is 0.0739. The van der Waals surface area contributed by atoms with Gasteiger partial charge in [0.1, 0.15) is 5.82 Å². The van der Waals surface area contributed by atoms with Crippen LogP contribution in [0.1, 0.15) is 36.2 Å². The first-order valence-electron chi connectivity index (χ1n) is 6.38. The van der Waals surface area contributed by atoms with E-state index in [1.54, 1.807) is 24.0 Å². The molecule has 0 aliphatic heterocycles. The number of nitriles is 1. The van der Waals surface area contributed by atoms with Crippen molar-refractivity contribution in [1.29, 1.82) is 5.26 Å². The number of hydrogen-bond donors (Lipinski definition) is 0. The largest absolute Gasteiger partial charge is 0.337 e. The van der Waals surface area contributed by atoms with Crippen LogP contribution < -0.4 is 0 Å². The van der Waals surface area contributed by atoms with Gasteiger partial charge in [-0.1, -0.05) is 19.9 Å². The molecule has 1 rings (SSSR count). The molecule has 1 aromatic carbocycles. The summed E-state index contributed by atoms with van der Waals surface area (Å²) >= 11 is 0. The molecule has 0 bridgehead atoms. The molecule has 0 saturated heterocycles. The molecular weight excluding hydrogens is 243 g/mol. The van der Waals surface area contributed by atoms with E-state index in [0.29, 0.717) is 30.1 Å². The Morgan fingerprint density at radius 1 is 1.47 bits per heavy atom. The van der Waals surface area contributed by atoms with Gasteiger partial charge < -0.3 is 4.90 Å². The number of halogens is 1. The van der Waals surface area contributed by atoms with Crippen molar-refractivity contribution >= 4 is 5.91 Å². The Kier molecular flexibility index (Phi) is 5.50. The van der Waals surface area contributed by atoms with Crippen molar-refractivity contribution in [2.24, 2.45) is 5.92 Å². The van der Waals surface area contributed by atoms with Crippen molar-refractivity contribution in [1.82, 2.24) is 4.90 Å². The average molecular weight is 262 g/mol. The summed E-state index contributed by atoms with van der Waals surface area (Å²) in [6, 6.07) is 6.51. The number of rotatable bonds is 5. The van der Waals surface area contributed by atoms with Crippen LogP contribution in [0.5, 0.6) is 0 Å². The second-order valence-electron chi connectivity index (χ2n) is 5.02. The van der Waals surface area contributed by atoms with Crippen LogP contribution in [0, 0.1) is 30.0 Å². The van der Waals surface area contributed by atoms with E-state index in [1.807, 2.05) is 19.9 Å². The smallest absolute Gasteiger partial charge is 0.253 e. The van der Waals surface area contributed by atoms with E-state index in [-0.39, 0.29) is 18.1 Å². The molecule has 102 valence electrons. The molecule has 3 nitrogen and oxygen atoms in total. The second kappa shape index (κ2) is 6.89. The van der Waals surface area contributed by atoms with Gasteiger partial charge in [0.25, 0.3) is 5.91 Å². The molecule has 19 heavy (non-hydrogen) atoms. The molecule has 0 spiro atoms. The maximum atomic E-state index is 13.5. The highest BCUT2D eigenvalue weighted by atomic mass is 19.1. The fourth-order valence-corrected chi connectivity index (χ4v) is 1.81. The highest BCUT2D eigenvalue weighted by Crippen LogP contribution is 2.13. The summed E-state index contributed by atoms with van der Waals surface area (Å²) in [4.78, 5) is 13.9. The Hall–Kier alpha value is -1.89. The lowest BCUT2D eigenvalue weighted by Crippen LogP contribution is -2.35. The first kappa shape index (κ1) is 15.2. The van der Waals surface area contributed by atoms with Gasteiger partial charge in [0.05, 0.1) is 12.5 Å². The van der Waals surface area contributed by atoms with E-state index in [4.69, 9.17) is 5.26 Å². The molecule has 0 aliphatic carbocycles. The second-order valence-corrected chi connectivity index (χ2v) is 5.02. The zero-order valence-corrected chi connectivity index (χ0v) is 11.6. The summed E-state index contributed by atoms with van der Waals surface area (Å²) in [7, 11) is 0. The molecule has 0 heterocycles. The van der Waals surface area contributed by atoms with Gasteiger partial charge in [-0.25, -0.2) is 4.39 Å². The molecule has 0 unspecified atom stereocenters. The van der Waals surface area contributed by atoms with E-state index in [9.17, 15) is 9.18 Å². The molecule has 0 radical (unpaired) electrons. The summed E-state index contributed by atoms with van der Waals surface area (Å²) in [5.41, 5.74) is 0.852. The van der Waals surface area contributed by atoms with Gasteiger partial charge in [0, 0.05) is 18.7 Å². The van der Waals surface area contributed by atoms with Gasteiger partial charge in [-0.3, -0.25) is 4.79 Å². The van der Waals surface area contributed by atoms with Crippen LogP contribution >= 0.6 is 0 Å². The van der Waals surface area contributed by atoms with E-state index in [1.165, 1.54) is 6.07 Å². The van der Waals surface area contributed by atoms with E-state index in [0.717, 1.165) is 0 Å². The van der Waals surface area contributed by atoms with Crippen molar-refractivity contribution in [3.8, 4) is 6.07 Å². The van der Waals surface area contributed by atoms with Gasteiger partial charge in [0.15, 0.2) is 0 Å². The number of benzene rings is 1. The van der Waals surface area contributed by atoms with Crippen LogP contribution in [0.2, 0.25) is 0 Å². The van der Waals surface area contributed by atoms with Crippen LogP contribution in [-0.4, -0.2) is 23.9 Å². The minimum absolute atomic E-state index is 0.220. The molecule has 0 N–H and O–H groups in total. The quantitative estimate of drug-likeness (QED) is 0.818. The third-order valence-electron chi connectivity index (χ3n) is 2.79. The molecule has 0 aliphatic rings. The van der Waals surface area contributed by atoms with Crippen LogP contribution in [-0.2, 0) is 0 Å². The SMILES string of the molecule is Cc1ccc(C(=O)N(CCC#N)CC(C)C)cc1F. The highest BCUT2D eigenvalue weighted by Gasteiger charge is 2.17. The Labute approximate surface area is 113 Å². The van der Waals surface area contributed by atoms with Crippen molar-refractivity contribution in [2.45, 2.75) is 27.2 Å². The van der Waals surface area contributed by atoms with Crippen LogP contribution in [0.3, 0.4) is 0 Å². The van der Waals surface area contributed by atoms with Gasteiger partial charge in [-0.15, -0.1) is 0 Å². The Bertz CT molecular complexity index is 491. The number of carbonyl (C=O) groups excluding carboxylic acids is 1. The number of aryl methyl sites for hydroxylation is 1. The van der Waals surface area contributed by atoms with E-state index in [2.05, 4.69) is 0 Å². The first-order valence-corrected chi connectivity index (χ1v) is 6.38. The summed E-state index contributed by atoms with van der Waals surface area (Å²) < 4.78 is 13.5. The zero-order chi connectivity index (χ0) is 14.4. The molecule has 0 fully saturated rings. The predicted octanol–water partition coefficient (Wildman–Crippen LogP) is 3.15. The van der Waals surface area contributed by atoms with E-state index >= 15 is 0 Å². The summed E-state index contributed by atoms with van der Waals surface area (Å²) in [5.74, 6) is -0.295. The van der Waals surface area contributed by atoms with Crippen molar-refractivity contribution in [2.75, 3.05) is 13.1 Å². The standard InChI is InChI=1S/C15H19FN2O/c1-11(2)10-18(8-4-7-17)15(19)13-6-5-12(3)14(16)9-13/h5-6,9,11H,4,8,10H2,1-3H3. The van der Waals surface area contributed by atoms with Gasteiger partial charge >= 0.3 is 0 Å². The molecule has 0 aromatic heterocycles. The first-order chi connectivity index (χ1) is 8.95. The van der Waals surface area contributed by atoms with Gasteiger partial charge in [-0.2, -0.15) is 5.26 Å². The van der Waals surface area contributed by atoms with Crippen LogP contribution in [0.4, 0.5) is 4.39 Å². The molecule has 0 atom stereocenters. The molecule has 0 saturated carbocycles. The third kappa shape index (κ3) is 4.36. The van der Waals surface area contributed by atoms with Crippen molar-refractivity contribution in [3.05, 3.63) is 35.1 Å². The van der Waals surface area contributed by atoms with Crippen LogP contribution in [0.25, 0.3) is 0 Å². The maximum absolute atomic E-state index is 13.5. The van der Waals surface area contributed by atoms with Crippen molar-refractivity contribution in [3.63, 3.8) is 0 Å². The Balaban J connectivity index is 2.91. The predicted molar refractivity (Wildman–Crippen MR) is 72.1 cm³/mol. The van der Waals surface area contributed by atoms with Crippen molar-refractivity contribution < 1.29 is 9.18 Å². The van der Waals surface area contributed by atoms with Gasteiger partial charge in [0.2, 0.25) is 0 Å². The fraction of sp³-hybridized carbons (Fsp3) is 0.467. The summed E-state index contributed by atoms with van der Waals surface area (Å²) in [6.07, 6.45) is 0.285. The molecule has 1 aromatic rings. The van der Waals surface area contributed by atoms with Crippen LogP contribution in [0.15, 0.2) is 18.2 Å². The lowest BCUT2D eigenvalue weighted by Gasteiger charge is -2.23. The molecule has 4 heteroatoms. The van der Waals surface area contributed by atoms with Gasteiger partial charge in [-0.05, 0) is 30.5 Å². The summed E-state index contributed by atoms with van der Waals surface area (Å²) in [5, 5.41) is 8.63. The third-order valence-corrected chi connectivity index (χ3v) is 2.79. The molecule has 1 amide bonds. The zero-order valence-electron chi connectivity index (χ0n) is 11.6. The molecular formula is C15H19FN2O. The number of amides is 1.